The van der Waals surface area contributed by atoms with E-state index in [4.69, 9.17) is 0 Å². The van der Waals surface area contributed by atoms with E-state index in [1.165, 1.54) is 54.7 Å². The molecule has 0 spiro atoms. The summed E-state index contributed by atoms with van der Waals surface area (Å²) in [5.74, 6) is -1.000. The van der Waals surface area contributed by atoms with Crippen LogP contribution in [0.5, 0.6) is 5.75 Å². The van der Waals surface area contributed by atoms with Crippen molar-refractivity contribution in [3.05, 3.63) is 96.4 Å². The van der Waals surface area contributed by atoms with Crippen LogP contribution in [0, 0.1) is 5.82 Å². The summed E-state index contributed by atoms with van der Waals surface area (Å²) >= 11 is 0. The van der Waals surface area contributed by atoms with Crippen molar-refractivity contribution in [1.29, 1.82) is 0 Å². The van der Waals surface area contributed by atoms with Gasteiger partial charge in [-0.2, -0.15) is 0 Å². The van der Waals surface area contributed by atoms with Crippen molar-refractivity contribution in [2.75, 3.05) is 7.05 Å². The Labute approximate surface area is 211 Å². The van der Waals surface area contributed by atoms with Crippen LogP contribution in [0.1, 0.15) is 5.56 Å². The third kappa shape index (κ3) is 5.89. The summed E-state index contributed by atoms with van der Waals surface area (Å²) in [7, 11) is -2.49. The Balaban J connectivity index is 0.00000361. The maximum Gasteiger partial charge on any atom is 0.573 e. The van der Waals surface area contributed by atoms with E-state index in [0.717, 1.165) is 10.0 Å². The molecule has 3 aromatic carbocycles. The van der Waals surface area contributed by atoms with Crippen LogP contribution < -0.4 is 10.1 Å². The molecular weight excluding hydrogens is 520 g/mol. The molecule has 0 saturated heterocycles. The van der Waals surface area contributed by atoms with Gasteiger partial charge in [0.2, 0.25) is 0 Å². The first-order chi connectivity index (χ1) is 16.6. The smallest absolute Gasteiger partial charge is 0.406 e. The predicted octanol–water partition coefficient (Wildman–Crippen LogP) is 6.24. The number of hydrogen-bond donors (Lipinski definition) is 1. The van der Waals surface area contributed by atoms with E-state index in [9.17, 15) is 26.0 Å². The van der Waals surface area contributed by atoms with Gasteiger partial charge >= 0.3 is 6.36 Å². The van der Waals surface area contributed by atoms with Crippen LogP contribution in [-0.4, -0.2) is 25.8 Å². The highest BCUT2D eigenvalue weighted by Gasteiger charge is 2.31. The van der Waals surface area contributed by atoms with Crippen LogP contribution in [0.3, 0.4) is 0 Å². The van der Waals surface area contributed by atoms with Crippen LogP contribution in [0.2, 0.25) is 0 Å². The molecule has 0 atom stereocenters. The quantitative estimate of drug-likeness (QED) is 0.282. The van der Waals surface area contributed by atoms with Crippen molar-refractivity contribution in [2.24, 2.45) is 0 Å². The molecular formula is C25H21ClF4N2O3S. The number of ether oxygens (including phenoxy) is 1. The van der Waals surface area contributed by atoms with Crippen molar-refractivity contribution in [3.8, 4) is 28.1 Å². The normalized spacial score (nSPS) is 11.7. The minimum Gasteiger partial charge on any atom is -0.406 e. The summed E-state index contributed by atoms with van der Waals surface area (Å²) in [5.41, 5.74) is 1.60. The number of rotatable bonds is 7. The van der Waals surface area contributed by atoms with Gasteiger partial charge in [0.1, 0.15) is 11.6 Å². The number of halogens is 5. The molecule has 0 aliphatic heterocycles. The molecule has 0 amide bonds. The third-order valence-corrected chi connectivity index (χ3v) is 6.83. The molecule has 1 N–H and O–H groups in total. The standard InChI is InChI=1S/C25H20F4N2O3S.ClH/c1-30-15-17-12-24(22-10-2-3-11-23(22)26)31(16-17)35(32,33)21-9-5-7-19(14-21)18-6-4-8-20(13-18)34-25(27,28)29;/h2-14,16,30H,15H2,1H3;1H. The largest absolute Gasteiger partial charge is 0.573 e. The lowest BCUT2D eigenvalue weighted by Gasteiger charge is -2.13. The molecule has 4 rings (SSSR count). The van der Waals surface area contributed by atoms with E-state index < -0.39 is 28.0 Å². The second kappa shape index (κ2) is 10.7. The summed E-state index contributed by atoms with van der Waals surface area (Å²) in [4.78, 5) is -0.110. The Morgan fingerprint density at radius 3 is 2.25 bits per heavy atom. The van der Waals surface area contributed by atoms with E-state index in [0.29, 0.717) is 23.2 Å². The first-order valence-electron chi connectivity index (χ1n) is 10.4. The van der Waals surface area contributed by atoms with Gasteiger partial charge in [-0.3, -0.25) is 0 Å². The topological polar surface area (TPSA) is 60.3 Å². The Bertz CT molecular complexity index is 1470. The summed E-state index contributed by atoms with van der Waals surface area (Å²) in [6.07, 6.45) is -3.44. The molecule has 1 heterocycles. The van der Waals surface area contributed by atoms with Gasteiger partial charge in [-0.25, -0.2) is 16.8 Å². The van der Waals surface area contributed by atoms with Crippen LogP contribution in [0.4, 0.5) is 17.6 Å². The summed E-state index contributed by atoms with van der Waals surface area (Å²) < 4.78 is 84.7. The molecule has 0 fully saturated rings. The Kier molecular flexibility index (Phi) is 8.12. The van der Waals surface area contributed by atoms with Gasteiger partial charge in [-0.1, -0.05) is 36.4 Å². The SMILES string of the molecule is CNCc1cc(-c2ccccc2F)n(S(=O)(=O)c2cccc(-c3cccc(OC(F)(F)F)c3)c2)c1.Cl. The van der Waals surface area contributed by atoms with Crippen LogP contribution in [-0.2, 0) is 16.6 Å². The lowest BCUT2D eigenvalue weighted by Crippen LogP contribution is -2.17. The molecule has 0 unspecified atom stereocenters. The van der Waals surface area contributed by atoms with Crippen molar-refractivity contribution in [2.45, 2.75) is 17.8 Å². The highest BCUT2D eigenvalue weighted by atomic mass is 35.5. The summed E-state index contributed by atoms with van der Waals surface area (Å²) in [6, 6.07) is 18.5. The lowest BCUT2D eigenvalue weighted by atomic mass is 10.1. The molecule has 190 valence electrons. The minimum atomic E-state index is -4.85. The van der Waals surface area contributed by atoms with Gasteiger partial charge < -0.3 is 10.1 Å². The summed E-state index contributed by atoms with van der Waals surface area (Å²) in [5, 5.41) is 2.94. The number of aromatic nitrogens is 1. The highest BCUT2D eigenvalue weighted by molar-refractivity contribution is 7.90. The molecule has 36 heavy (non-hydrogen) atoms. The fourth-order valence-corrected chi connectivity index (χ4v) is 5.12. The summed E-state index contributed by atoms with van der Waals surface area (Å²) in [6.45, 7) is 0.357. The fraction of sp³-hybridized carbons (Fsp3) is 0.120. The molecule has 0 saturated carbocycles. The second-order valence-corrected chi connectivity index (χ2v) is 9.46. The second-order valence-electron chi connectivity index (χ2n) is 7.65. The fourth-order valence-electron chi connectivity index (χ4n) is 3.68. The van der Waals surface area contributed by atoms with E-state index >= 15 is 0 Å². The Morgan fingerprint density at radius 1 is 0.917 bits per heavy atom. The maximum absolute atomic E-state index is 14.6. The Morgan fingerprint density at radius 2 is 1.58 bits per heavy atom. The first-order valence-corrected chi connectivity index (χ1v) is 11.8. The van der Waals surface area contributed by atoms with Crippen LogP contribution >= 0.6 is 12.4 Å². The zero-order valence-electron chi connectivity index (χ0n) is 18.8. The molecule has 1 aromatic heterocycles. The monoisotopic (exact) mass is 540 g/mol. The van der Waals surface area contributed by atoms with E-state index in [2.05, 4.69) is 10.1 Å². The number of hydrogen-bond acceptors (Lipinski definition) is 4. The average molecular weight is 541 g/mol. The average Bonchev–Trinajstić information content (AvgIpc) is 3.23. The molecule has 0 radical (unpaired) electrons. The van der Waals surface area contributed by atoms with Crippen molar-refractivity contribution in [1.82, 2.24) is 9.29 Å². The van der Waals surface area contributed by atoms with E-state index in [1.54, 1.807) is 31.3 Å². The van der Waals surface area contributed by atoms with E-state index in [-0.39, 0.29) is 28.6 Å². The molecule has 0 bridgehead atoms. The minimum absolute atomic E-state index is 0. The van der Waals surface area contributed by atoms with Crippen LogP contribution in [0.15, 0.2) is 90.0 Å². The zero-order chi connectivity index (χ0) is 25.2. The van der Waals surface area contributed by atoms with E-state index in [1.807, 2.05) is 0 Å². The van der Waals surface area contributed by atoms with Gasteiger partial charge in [-0.15, -0.1) is 25.6 Å². The van der Waals surface area contributed by atoms with Gasteiger partial charge in [0, 0.05) is 18.3 Å². The van der Waals surface area contributed by atoms with Gasteiger partial charge in [-0.05, 0) is 66.2 Å². The van der Waals surface area contributed by atoms with Crippen molar-refractivity contribution < 1.29 is 30.7 Å². The van der Waals surface area contributed by atoms with Crippen molar-refractivity contribution >= 4 is 22.4 Å². The highest BCUT2D eigenvalue weighted by Crippen LogP contribution is 2.32. The van der Waals surface area contributed by atoms with Gasteiger partial charge in [0.15, 0.2) is 0 Å². The first kappa shape index (κ1) is 27.3. The number of alkyl halides is 3. The van der Waals surface area contributed by atoms with Crippen molar-refractivity contribution in [3.63, 3.8) is 0 Å². The predicted molar refractivity (Wildman–Crippen MR) is 131 cm³/mol. The number of nitrogens with one attached hydrogen (secondary N) is 1. The van der Waals surface area contributed by atoms with Crippen LogP contribution in [0.25, 0.3) is 22.4 Å². The molecule has 5 nitrogen and oxygen atoms in total. The molecule has 4 aromatic rings. The Hall–Kier alpha value is -3.34. The van der Waals surface area contributed by atoms with Gasteiger partial charge in [0.05, 0.1) is 10.6 Å². The lowest BCUT2D eigenvalue weighted by molar-refractivity contribution is -0.274. The zero-order valence-corrected chi connectivity index (χ0v) is 20.4. The number of benzene rings is 3. The maximum atomic E-state index is 14.6. The molecule has 11 heteroatoms. The van der Waals surface area contributed by atoms with Gasteiger partial charge in [0.25, 0.3) is 10.0 Å². The molecule has 0 aliphatic carbocycles. The third-order valence-electron chi connectivity index (χ3n) is 5.17. The molecule has 0 aliphatic rings. The number of nitrogens with zero attached hydrogens (tertiary/aromatic N) is 1.